The summed E-state index contributed by atoms with van der Waals surface area (Å²) in [6.07, 6.45) is 0.625. The SMILES string of the molecule is Cc1nc(Cc2nnc(SCC(C)C)o2)cs1. The second-order valence-corrected chi connectivity index (χ2v) is 6.23. The van der Waals surface area contributed by atoms with Crippen LogP contribution in [0.2, 0.25) is 0 Å². The first kappa shape index (κ1) is 12.6. The molecule has 0 aromatic carbocycles. The number of aromatic nitrogens is 3. The summed E-state index contributed by atoms with van der Waals surface area (Å²) in [6.45, 7) is 6.33. The van der Waals surface area contributed by atoms with Crippen molar-refractivity contribution in [3.63, 3.8) is 0 Å². The molecule has 0 aliphatic rings. The molecule has 0 bridgehead atoms. The molecule has 0 spiro atoms. The van der Waals surface area contributed by atoms with Gasteiger partial charge in [-0.1, -0.05) is 25.6 Å². The van der Waals surface area contributed by atoms with E-state index in [0.29, 0.717) is 23.5 Å². The van der Waals surface area contributed by atoms with Gasteiger partial charge in [0.1, 0.15) is 0 Å². The zero-order chi connectivity index (χ0) is 12.3. The molecule has 2 rings (SSSR count). The minimum Gasteiger partial charge on any atom is -0.416 e. The number of thiazole rings is 1. The van der Waals surface area contributed by atoms with E-state index in [1.165, 1.54) is 0 Å². The smallest absolute Gasteiger partial charge is 0.276 e. The van der Waals surface area contributed by atoms with Gasteiger partial charge in [-0.25, -0.2) is 4.98 Å². The molecule has 0 aliphatic carbocycles. The molecule has 0 N–H and O–H groups in total. The Balaban J connectivity index is 1.94. The minimum absolute atomic E-state index is 0.622. The van der Waals surface area contributed by atoms with Gasteiger partial charge in [0, 0.05) is 11.1 Å². The van der Waals surface area contributed by atoms with Crippen molar-refractivity contribution in [1.82, 2.24) is 15.2 Å². The summed E-state index contributed by atoms with van der Waals surface area (Å²) in [5.74, 6) is 2.26. The van der Waals surface area contributed by atoms with Gasteiger partial charge in [-0.15, -0.1) is 21.5 Å². The van der Waals surface area contributed by atoms with Crippen molar-refractivity contribution < 1.29 is 4.42 Å². The first-order valence-corrected chi connectivity index (χ1v) is 7.36. The maximum Gasteiger partial charge on any atom is 0.276 e. The van der Waals surface area contributed by atoms with E-state index in [4.69, 9.17) is 4.42 Å². The highest BCUT2D eigenvalue weighted by molar-refractivity contribution is 7.99. The van der Waals surface area contributed by atoms with Crippen LogP contribution in [-0.4, -0.2) is 20.9 Å². The van der Waals surface area contributed by atoms with Crippen molar-refractivity contribution in [2.75, 3.05) is 5.75 Å². The van der Waals surface area contributed by atoms with Crippen molar-refractivity contribution in [2.45, 2.75) is 32.4 Å². The van der Waals surface area contributed by atoms with Crippen LogP contribution in [0.15, 0.2) is 15.0 Å². The Morgan fingerprint density at radius 2 is 2.24 bits per heavy atom. The van der Waals surface area contributed by atoms with Crippen LogP contribution in [0.3, 0.4) is 0 Å². The van der Waals surface area contributed by atoms with Gasteiger partial charge >= 0.3 is 0 Å². The Kier molecular flexibility index (Phi) is 4.17. The summed E-state index contributed by atoms with van der Waals surface area (Å²) >= 11 is 3.25. The molecule has 2 aromatic heterocycles. The van der Waals surface area contributed by atoms with Gasteiger partial charge in [0.25, 0.3) is 5.22 Å². The third-order valence-electron chi connectivity index (χ3n) is 1.99. The normalized spacial score (nSPS) is 11.3. The molecule has 0 radical (unpaired) electrons. The lowest BCUT2D eigenvalue weighted by molar-refractivity contribution is 0.419. The molecule has 0 atom stereocenters. The Labute approximate surface area is 109 Å². The lowest BCUT2D eigenvalue weighted by Gasteiger charge is -1.98. The minimum atomic E-state index is 0.622. The second-order valence-electron chi connectivity index (χ2n) is 4.20. The van der Waals surface area contributed by atoms with E-state index in [2.05, 4.69) is 29.0 Å². The fraction of sp³-hybridized carbons (Fsp3) is 0.545. The molecular weight excluding hydrogens is 254 g/mol. The van der Waals surface area contributed by atoms with Gasteiger partial charge < -0.3 is 4.42 Å². The largest absolute Gasteiger partial charge is 0.416 e. The molecule has 0 unspecified atom stereocenters. The average molecular weight is 269 g/mol. The van der Waals surface area contributed by atoms with Crippen molar-refractivity contribution in [1.29, 1.82) is 0 Å². The molecule has 4 nitrogen and oxygen atoms in total. The first-order chi connectivity index (χ1) is 8.13. The topological polar surface area (TPSA) is 51.8 Å². The van der Waals surface area contributed by atoms with Gasteiger partial charge in [-0.05, 0) is 12.8 Å². The molecule has 6 heteroatoms. The Bertz CT molecular complexity index is 479. The third-order valence-corrected chi connectivity index (χ3v) is 4.05. The molecular formula is C11H15N3OS2. The van der Waals surface area contributed by atoms with Crippen LogP contribution in [-0.2, 0) is 6.42 Å². The first-order valence-electron chi connectivity index (χ1n) is 5.49. The number of hydrogen-bond acceptors (Lipinski definition) is 6. The average Bonchev–Trinajstić information content (AvgIpc) is 2.86. The number of nitrogens with zero attached hydrogens (tertiary/aromatic N) is 3. The van der Waals surface area contributed by atoms with Crippen LogP contribution >= 0.6 is 23.1 Å². The summed E-state index contributed by atoms with van der Waals surface area (Å²) in [6, 6.07) is 0. The Hall–Kier alpha value is -0.880. The standard InChI is InChI=1S/C11H15N3OS2/c1-7(2)5-17-11-14-13-10(15-11)4-9-6-16-8(3)12-9/h6-7H,4-5H2,1-3H3. The molecule has 0 aliphatic heterocycles. The Morgan fingerprint density at radius 1 is 1.41 bits per heavy atom. The summed E-state index contributed by atoms with van der Waals surface area (Å²) in [5, 5.41) is 11.8. The predicted molar refractivity (Wildman–Crippen MR) is 69.5 cm³/mol. The van der Waals surface area contributed by atoms with Crippen molar-refractivity contribution >= 4 is 23.1 Å². The highest BCUT2D eigenvalue weighted by Gasteiger charge is 2.09. The second kappa shape index (κ2) is 5.64. The third kappa shape index (κ3) is 3.81. The molecule has 2 heterocycles. The maximum absolute atomic E-state index is 5.55. The maximum atomic E-state index is 5.55. The van der Waals surface area contributed by atoms with Gasteiger partial charge in [0.2, 0.25) is 5.89 Å². The van der Waals surface area contributed by atoms with Crippen LogP contribution in [0.4, 0.5) is 0 Å². The van der Waals surface area contributed by atoms with E-state index in [1.54, 1.807) is 23.1 Å². The molecule has 0 saturated heterocycles. The van der Waals surface area contributed by atoms with Gasteiger partial charge in [-0.3, -0.25) is 0 Å². The molecule has 17 heavy (non-hydrogen) atoms. The van der Waals surface area contributed by atoms with Crippen molar-refractivity contribution in [3.8, 4) is 0 Å². The van der Waals surface area contributed by atoms with E-state index in [-0.39, 0.29) is 0 Å². The zero-order valence-corrected chi connectivity index (χ0v) is 11.8. The van der Waals surface area contributed by atoms with Crippen LogP contribution in [0.25, 0.3) is 0 Å². The van der Waals surface area contributed by atoms with E-state index in [9.17, 15) is 0 Å². The summed E-state index contributed by atoms with van der Waals surface area (Å²) in [7, 11) is 0. The molecule has 2 aromatic rings. The summed E-state index contributed by atoms with van der Waals surface area (Å²) in [5.41, 5.74) is 0.997. The Morgan fingerprint density at radius 3 is 2.88 bits per heavy atom. The number of hydrogen-bond donors (Lipinski definition) is 0. The number of rotatable bonds is 5. The van der Waals surface area contributed by atoms with Gasteiger partial charge in [0.05, 0.1) is 17.1 Å². The summed E-state index contributed by atoms with van der Waals surface area (Å²) in [4.78, 5) is 4.37. The van der Waals surface area contributed by atoms with E-state index in [0.717, 1.165) is 16.5 Å². The van der Waals surface area contributed by atoms with Crippen LogP contribution < -0.4 is 0 Å². The van der Waals surface area contributed by atoms with Crippen LogP contribution in [0.1, 0.15) is 30.4 Å². The lowest BCUT2D eigenvalue weighted by Crippen LogP contribution is -1.89. The summed E-state index contributed by atoms with van der Waals surface area (Å²) < 4.78 is 5.55. The quantitative estimate of drug-likeness (QED) is 0.780. The van der Waals surface area contributed by atoms with Crippen molar-refractivity contribution in [3.05, 3.63) is 22.0 Å². The van der Waals surface area contributed by atoms with Crippen LogP contribution in [0, 0.1) is 12.8 Å². The van der Waals surface area contributed by atoms with Gasteiger partial charge in [0.15, 0.2) is 0 Å². The molecule has 0 fully saturated rings. The van der Waals surface area contributed by atoms with E-state index < -0.39 is 0 Å². The van der Waals surface area contributed by atoms with E-state index in [1.807, 2.05) is 12.3 Å². The highest BCUT2D eigenvalue weighted by atomic mass is 32.2. The fourth-order valence-electron chi connectivity index (χ4n) is 1.25. The van der Waals surface area contributed by atoms with Crippen molar-refractivity contribution in [2.24, 2.45) is 5.92 Å². The molecule has 0 amide bonds. The van der Waals surface area contributed by atoms with Crippen LogP contribution in [0.5, 0.6) is 0 Å². The monoisotopic (exact) mass is 269 g/mol. The highest BCUT2D eigenvalue weighted by Crippen LogP contribution is 2.20. The number of thioether (sulfide) groups is 1. The predicted octanol–water partition coefficient (Wildman–Crippen LogP) is 3.17. The lowest BCUT2D eigenvalue weighted by atomic mass is 10.3. The molecule has 0 saturated carbocycles. The zero-order valence-electron chi connectivity index (χ0n) is 10.1. The van der Waals surface area contributed by atoms with Gasteiger partial charge in [-0.2, -0.15) is 0 Å². The molecule has 92 valence electrons. The number of aryl methyl sites for hydroxylation is 1. The van der Waals surface area contributed by atoms with E-state index >= 15 is 0 Å². The fourth-order valence-corrected chi connectivity index (χ4v) is 2.59.